The summed E-state index contributed by atoms with van der Waals surface area (Å²) in [7, 11) is -5.02. The Hall–Kier alpha value is -3.11. The van der Waals surface area contributed by atoms with Crippen molar-refractivity contribution < 1.29 is 41.5 Å². The molecule has 0 spiro atoms. The number of hydrogen-bond donors (Lipinski definition) is 1. The molecule has 0 aliphatic heterocycles. The van der Waals surface area contributed by atoms with E-state index in [1.165, 1.54) is 168 Å². The molecule has 0 amide bonds. The first-order valence-electron chi connectivity index (χ1n) is 24.9. The highest BCUT2D eigenvalue weighted by Gasteiger charge is 2.37. The summed E-state index contributed by atoms with van der Waals surface area (Å²) in [5, 5.41) is -2.19. The van der Waals surface area contributed by atoms with E-state index in [4.69, 9.17) is 18.9 Å². The number of rotatable bonds is 40. The van der Waals surface area contributed by atoms with Crippen molar-refractivity contribution in [2.24, 2.45) is 0 Å². The fraction of sp³-hybridized carbons (Fsp3) is 0.731. The van der Waals surface area contributed by atoms with Gasteiger partial charge < -0.3 is 18.9 Å². The zero-order valence-corrected chi connectivity index (χ0v) is 40.2. The van der Waals surface area contributed by atoms with Gasteiger partial charge in [-0.3, -0.25) is 14.1 Å². The molecule has 2 rings (SSSR count). The van der Waals surface area contributed by atoms with Gasteiger partial charge in [0.05, 0.1) is 6.42 Å². The molecule has 10 heteroatoms. The molecule has 0 bridgehead atoms. The number of benzene rings is 2. The van der Waals surface area contributed by atoms with Crippen molar-refractivity contribution >= 4 is 22.1 Å². The third kappa shape index (κ3) is 27.2. The number of carbonyl (C=O) groups is 2. The number of aryl methyl sites for hydroxylation is 2. The SMILES string of the molecule is CCCCCCCCCCCCCCCCc1ccccc1OC(C)OC(=O)CC(C(=O)OC(C)Oc1ccccc1CCCCCCCCCCCCCCCC)S(=O)(=O)O. The maximum atomic E-state index is 13.0. The second kappa shape index (κ2) is 35.3. The summed E-state index contributed by atoms with van der Waals surface area (Å²) in [6.07, 6.45) is 34.4. The number of hydrogen-bond acceptors (Lipinski definition) is 8. The van der Waals surface area contributed by atoms with Gasteiger partial charge in [0, 0.05) is 13.8 Å². The Kier molecular flexibility index (Phi) is 31.3. The highest BCUT2D eigenvalue weighted by Crippen LogP contribution is 2.25. The van der Waals surface area contributed by atoms with Crippen molar-refractivity contribution in [3.05, 3.63) is 59.7 Å². The lowest BCUT2D eigenvalue weighted by Crippen LogP contribution is -2.38. The van der Waals surface area contributed by atoms with E-state index in [1.54, 1.807) is 12.1 Å². The Balaban J connectivity index is 1.71. The third-order valence-corrected chi connectivity index (χ3v) is 12.8. The van der Waals surface area contributed by atoms with Gasteiger partial charge in [-0.2, -0.15) is 8.42 Å². The Morgan fingerprint density at radius 2 is 0.790 bits per heavy atom. The predicted molar refractivity (Wildman–Crippen MR) is 253 cm³/mol. The van der Waals surface area contributed by atoms with Gasteiger partial charge in [-0.1, -0.05) is 217 Å². The Labute approximate surface area is 377 Å². The topological polar surface area (TPSA) is 125 Å². The van der Waals surface area contributed by atoms with Crippen LogP contribution in [-0.4, -0.2) is 42.7 Å². The number of carbonyl (C=O) groups excluding carboxylic acids is 2. The van der Waals surface area contributed by atoms with Crippen molar-refractivity contribution in [2.45, 2.75) is 245 Å². The van der Waals surface area contributed by atoms with Crippen LogP contribution in [0.4, 0.5) is 0 Å². The molecule has 2 aromatic rings. The first-order chi connectivity index (χ1) is 30.0. The minimum Gasteiger partial charge on any atom is -0.455 e. The minimum atomic E-state index is -5.02. The molecule has 0 radical (unpaired) electrons. The van der Waals surface area contributed by atoms with Crippen molar-refractivity contribution in [2.75, 3.05) is 0 Å². The van der Waals surface area contributed by atoms with E-state index in [0.717, 1.165) is 49.7 Å². The first-order valence-corrected chi connectivity index (χ1v) is 26.4. The maximum absolute atomic E-state index is 13.0. The number of unbranched alkanes of at least 4 members (excludes halogenated alkanes) is 26. The van der Waals surface area contributed by atoms with Gasteiger partial charge in [-0.15, -0.1) is 0 Å². The van der Waals surface area contributed by atoms with E-state index in [9.17, 15) is 22.6 Å². The largest absolute Gasteiger partial charge is 0.455 e. The van der Waals surface area contributed by atoms with Crippen LogP contribution in [-0.2, 0) is 42.0 Å². The molecule has 0 fully saturated rings. The van der Waals surface area contributed by atoms with Crippen LogP contribution >= 0.6 is 0 Å². The van der Waals surface area contributed by atoms with Crippen LogP contribution in [0.25, 0.3) is 0 Å². The zero-order chi connectivity index (χ0) is 45.1. The standard InChI is InChI=1S/C52H86O9S/c1-5-7-9-11-13-15-17-19-21-23-25-27-29-31-37-46-39-33-35-41-48(46)58-44(3)60-51(53)43-50(62(55,56)57)52(54)61-45(4)59-49-42-36-34-40-47(49)38-32-30-28-26-24-22-20-18-16-14-12-10-8-6-2/h33-36,39-42,44-45,50H,5-32,37-38,43H2,1-4H3,(H,55,56,57). The van der Waals surface area contributed by atoms with Crippen LogP contribution < -0.4 is 9.47 Å². The monoisotopic (exact) mass is 887 g/mol. The van der Waals surface area contributed by atoms with Crippen LogP contribution in [0, 0.1) is 0 Å². The van der Waals surface area contributed by atoms with Crippen molar-refractivity contribution in [1.82, 2.24) is 0 Å². The lowest BCUT2D eigenvalue weighted by molar-refractivity contribution is -0.168. The summed E-state index contributed by atoms with van der Waals surface area (Å²) in [5.41, 5.74) is 1.95. The van der Waals surface area contributed by atoms with Crippen LogP contribution in [0.5, 0.6) is 11.5 Å². The van der Waals surface area contributed by atoms with Gasteiger partial charge in [0.2, 0.25) is 12.6 Å². The van der Waals surface area contributed by atoms with Gasteiger partial charge in [0.15, 0.2) is 5.25 Å². The lowest BCUT2D eigenvalue weighted by Gasteiger charge is -2.21. The molecular formula is C52H86O9S. The second-order valence-corrected chi connectivity index (χ2v) is 19.0. The molecule has 0 aliphatic carbocycles. The lowest BCUT2D eigenvalue weighted by atomic mass is 10.0. The average molecular weight is 887 g/mol. The molecule has 354 valence electrons. The Bertz CT molecular complexity index is 1540. The summed E-state index contributed by atoms with van der Waals surface area (Å²) in [4.78, 5) is 25.9. The van der Waals surface area contributed by atoms with Gasteiger partial charge in [-0.25, -0.2) is 0 Å². The minimum absolute atomic E-state index is 0.529. The third-order valence-electron chi connectivity index (χ3n) is 11.7. The smallest absolute Gasteiger partial charge is 0.330 e. The first kappa shape index (κ1) is 55.0. The predicted octanol–water partition coefficient (Wildman–Crippen LogP) is 14.6. The van der Waals surface area contributed by atoms with E-state index < -0.39 is 46.3 Å². The Morgan fingerprint density at radius 3 is 1.13 bits per heavy atom. The molecule has 0 aromatic heterocycles. The van der Waals surface area contributed by atoms with E-state index in [1.807, 2.05) is 36.4 Å². The van der Waals surface area contributed by atoms with E-state index >= 15 is 0 Å². The number of para-hydroxylation sites is 2. The molecule has 0 aliphatic rings. The summed E-state index contributed by atoms with van der Waals surface area (Å²) in [6.45, 7) is 7.50. The van der Waals surface area contributed by atoms with Crippen LogP contribution in [0.2, 0.25) is 0 Å². The van der Waals surface area contributed by atoms with Gasteiger partial charge >= 0.3 is 11.9 Å². The summed E-state index contributed by atoms with van der Waals surface area (Å²) >= 11 is 0. The van der Waals surface area contributed by atoms with Gasteiger partial charge in [0.1, 0.15) is 11.5 Å². The van der Waals surface area contributed by atoms with Crippen molar-refractivity contribution in [3.8, 4) is 11.5 Å². The fourth-order valence-electron chi connectivity index (χ4n) is 8.01. The molecule has 9 nitrogen and oxygen atoms in total. The quantitative estimate of drug-likeness (QED) is 0.0301. The van der Waals surface area contributed by atoms with E-state index in [-0.39, 0.29) is 0 Å². The molecule has 3 atom stereocenters. The number of esters is 2. The summed E-state index contributed by atoms with van der Waals surface area (Å²) < 4.78 is 57.0. The van der Waals surface area contributed by atoms with E-state index in [0.29, 0.717) is 11.5 Å². The van der Waals surface area contributed by atoms with Crippen LogP contribution in [0.1, 0.15) is 225 Å². The molecular weight excluding hydrogens is 801 g/mol. The summed E-state index contributed by atoms with van der Waals surface area (Å²) in [6, 6.07) is 15.1. The summed E-state index contributed by atoms with van der Waals surface area (Å²) in [5.74, 6) is -1.24. The fourth-order valence-corrected chi connectivity index (χ4v) is 8.66. The normalized spacial score (nSPS) is 13.0. The average Bonchev–Trinajstić information content (AvgIpc) is 3.23. The second-order valence-electron chi connectivity index (χ2n) is 17.4. The van der Waals surface area contributed by atoms with Crippen molar-refractivity contribution in [3.63, 3.8) is 0 Å². The van der Waals surface area contributed by atoms with Crippen LogP contribution in [0.15, 0.2) is 48.5 Å². The highest BCUT2D eigenvalue weighted by atomic mass is 32.2. The molecule has 0 heterocycles. The molecule has 0 saturated carbocycles. The molecule has 62 heavy (non-hydrogen) atoms. The van der Waals surface area contributed by atoms with E-state index in [2.05, 4.69) is 13.8 Å². The zero-order valence-electron chi connectivity index (χ0n) is 39.4. The van der Waals surface area contributed by atoms with Crippen LogP contribution in [0.3, 0.4) is 0 Å². The number of ether oxygens (including phenoxy) is 4. The Morgan fingerprint density at radius 1 is 0.484 bits per heavy atom. The molecule has 1 N–H and O–H groups in total. The molecule has 3 unspecified atom stereocenters. The van der Waals surface area contributed by atoms with Gasteiger partial charge in [-0.05, 0) is 48.9 Å². The molecule has 2 aromatic carbocycles. The molecule has 0 saturated heterocycles. The highest BCUT2D eigenvalue weighted by molar-refractivity contribution is 7.87. The maximum Gasteiger partial charge on any atom is 0.330 e. The van der Waals surface area contributed by atoms with Crippen molar-refractivity contribution in [1.29, 1.82) is 0 Å². The van der Waals surface area contributed by atoms with Gasteiger partial charge in [0.25, 0.3) is 10.1 Å².